The van der Waals surface area contributed by atoms with E-state index in [0.717, 1.165) is 22.5 Å². The molecule has 1 aromatic heterocycles. The van der Waals surface area contributed by atoms with Crippen molar-refractivity contribution in [1.29, 1.82) is 0 Å². The van der Waals surface area contributed by atoms with Crippen LogP contribution < -0.4 is 10.2 Å². The number of carbonyl (C=O) groups is 3. The van der Waals surface area contributed by atoms with Crippen LogP contribution in [0.5, 0.6) is 0 Å². The van der Waals surface area contributed by atoms with E-state index in [1.807, 2.05) is 0 Å². The molecule has 33 heavy (non-hydrogen) atoms. The maximum absolute atomic E-state index is 12.7. The molecule has 3 amide bonds. The normalized spacial score (nSPS) is 13.4. The number of benzene rings is 3. The molecule has 1 aliphatic rings. The van der Waals surface area contributed by atoms with E-state index in [1.165, 1.54) is 36.4 Å². The topological polar surface area (TPSA) is 114 Å². The average molecular weight is 478 g/mol. The van der Waals surface area contributed by atoms with E-state index in [1.54, 1.807) is 30.3 Å². The lowest BCUT2D eigenvalue weighted by atomic mass is 10.1. The smallest absolute Gasteiger partial charge is 0.266 e. The van der Waals surface area contributed by atoms with Crippen LogP contribution in [0.25, 0.3) is 10.2 Å². The van der Waals surface area contributed by atoms with Gasteiger partial charge in [-0.1, -0.05) is 23.5 Å². The van der Waals surface area contributed by atoms with Crippen molar-refractivity contribution in [1.82, 2.24) is 4.98 Å². The minimum Gasteiger partial charge on any atom is -0.298 e. The van der Waals surface area contributed by atoms with Gasteiger partial charge in [0.15, 0.2) is 15.0 Å². The highest BCUT2D eigenvalue weighted by Gasteiger charge is 2.36. The Kier molecular flexibility index (Phi) is 4.84. The minimum absolute atomic E-state index is 0.181. The largest absolute Gasteiger partial charge is 0.298 e. The molecule has 3 aromatic carbocycles. The number of nitrogens with one attached hydrogen (secondary N) is 1. The summed E-state index contributed by atoms with van der Waals surface area (Å²) in [6.45, 7) is 0. The number of amides is 3. The van der Waals surface area contributed by atoms with E-state index < -0.39 is 27.6 Å². The van der Waals surface area contributed by atoms with Gasteiger partial charge in [-0.15, -0.1) is 0 Å². The molecule has 0 radical (unpaired) electrons. The van der Waals surface area contributed by atoms with Crippen LogP contribution in [0.2, 0.25) is 0 Å². The molecule has 4 aromatic rings. The lowest BCUT2D eigenvalue weighted by molar-refractivity contribution is 0.0925. The Balaban J connectivity index is 1.35. The third-order valence-electron chi connectivity index (χ3n) is 5.19. The molecule has 5 rings (SSSR count). The number of carbonyl (C=O) groups excluding carboxylic acids is 3. The first-order chi connectivity index (χ1) is 15.7. The van der Waals surface area contributed by atoms with E-state index in [4.69, 9.17) is 0 Å². The average Bonchev–Trinajstić information content (AvgIpc) is 3.31. The molecule has 0 aliphatic carbocycles. The van der Waals surface area contributed by atoms with Crippen molar-refractivity contribution in [2.45, 2.75) is 4.90 Å². The van der Waals surface area contributed by atoms with Gasteiger partial charge in [0, 0.05) is 11.8 Å². The summed E-state index contributed by atoms with van der Waals surface area (Å²) in [7, 11) is -3.35. The third kappa shape index (κ3) is 3.69. The molecule has 1 aliphatic heterocycles. The maximum Gasteiger partial charge on any atom is 0.266 e. The van der Waals surface area contributed by atoms with Gasteiger partial charge in [-0.05, 0) is 54.6 Å². The fourth-order valence-corrected chi connectivity index (χ4v) is 5.17. The fourth-order valence-electron chi connectivity index (χ4n) is 3.54. The zero-order chi connectivity index (χ0) is 23.3. The maximum atomic E-state index is 12.7. The van der Waals surface area contributed by atoms with Gasteiger partial charge < -0.3 is 0 Å². The number of rotatable bonds is 4. The summed E-state index contributed by atoms with van der Waals surface area (Å²) in [6.07, 6.45) is 1.13. The van der Waals surface area contributed by atoms with Crippen LogP contribution in [0.3, 0.4) is 0 Å². The standard InChI is InChI=1S/C23H15N3O5S2/c1-33(30,31)15-10-11-18-19(12-15)32-23(24-18)25-20(27)13-6-8-14(9-7-13)26-21(28)16-4-2-3-5-17(16)22(26)29/h2-12H,1H3,(H,24,25,27). The first kappa shape index (κ1) is 21.0. The molecule has 8 nitrogen and oxygen atoms in total. The van der Waals surface area contributed by atoms with Crippen LogP contribution in [-0.2, 0) is 9.84 Å². The van der Waals surface area contributed by atoms with Crippen LogP contribution in [-0.4, -0.2) is 37.4 Å². The molecule has 0 saturated carbocycles. The summed E-state index contributed by atoms with van der Waals surface area (Å²) < 4.78 is 24.1. The lowest BCUT2D eigenvalue weighted by Gasteiger charge is -2.14. The van der Waals surface area contributed by atoms with Crippen molar-refractivity contribution >= 4 is 59.9 Å². The van der Waals surface area contributed by atoms with Gasteiger partial charge in [0.25, 0.3) is 17.7 Å². The van der Waals surface area contributed by atoms with Crippen LogP contribution in [0, 0.1) is 0 Å². The quantitative estimate of drug-likeness (QED) is 0.448. The summed E-state index contributed by atoms with van der Waals surface area (Å²) in [4.78, 5) is 43.5. The van der Waals surface area contributed by atoms with E-state index in [-0.39, 0.29) is 4.90 Å². The molecule has 0 fully saturated rings. The Bertz CT molecular complexity index is 1540. The summed E-state index contributed by atoms with van der Waals surface area (Å²) >= 11 is 1.16. The molecule has 0 saturated heterocycles. The molecule has 0 unspecified atom stereocenters. The second-order valence-electron chi connectivity index (χ2n) is 7.41. The Hall–Kier alpha value is -3.89. The van der Waals surface area contributed by atoms with E-state index >= 15 is 0 Å². The number of anilines is 2. The highest BCUT2D eigenvalue weighted by Crippen LogP contribution is 2.30. The van der Waals surface area contributed by atoms with Crippen molar-refractivity contribution in [2.24, 2.45) is 0 Å². The summed E-state index contributed by atoms with van der Waals surface area (Å²) in [5.41, 5.74) is 1.94. The summed E-state index contributed by atoms with van der Waals surface area (Å²) in [5.74, 6) is -1.24. The van der Waals surface area contributed by atoms with Gasteiger partial charge in [-0.2, -0.15) is 0 Å². The van der Waals surface area contributed by atoms with Crippen LogP contribution in [0.15, 0.2) is 71.6 Å². The number of hydrogen-bond acceptors (Lipinski definition) is 7. The highest BCUT2D eigenvalue weighted by molar-refractivity contribution is 7.90. The van der Waals surface area contributed by atoms with Crippen molar-refractivity contribution in [3.63, 3.8) is 0 Å². The van der Waals surface area contributed by atoms with Gasteiger partial charge in [-0.25, -0.2) is 18.3 Å². The van der Waals surface area contributed by atoms with Crippen molar-refractivity contribution in [3.8, 4) is 0 Å². The Morgan fingerprint density at radius 3 is 2.18 bits per heavy atom. The fraction of sp³-hybridized carbons (Fsp3) is 0.0435. The van der Waals surface area contributed by atoms with Gasteiger partial charge in [0.05, 0.1) is 31.9 Å². The zero-order valence-electron chi connectivity index (χ0n) is 17.1. The lowest BCUT2D eigenvalue weighted by Crippen LogP contribution is -2.29. The Morgan fingerprint density at radius 1 is 0.939 bits per heavy atom. The molecule has 1 N–H and O–H groups in total. The van der Waals surface area contributed by atoms with Crippen molar-refractivity contribution < 1.29 is 22.8 Å². The predicted octanol–water partition coefficient (Wildman–Crippen LogP) is 3.75. The van der Waals surface area contributed by atoms with Crippen LogP contribution in [0.1, 0.15) is 31.1 Å². The monoisotopic (exact) mass is 477 g/mol. The molecule has 2 heterocycles. The number of thiazole rings is 1. The number of imide groups is 1. The van der Waals surface area contributed by atoms with Crippen molar-refractivity contribution in [3.05, 3.63) is 83.4 Å². The molecular formula is C23H15N3O5S2. The van der Waals surface area contributed by atoms with E-state index in [9.17, 15) is 22.8 Å². The molecular weight excluding hydrogens is 462 g/mol. The van der Waals surface area contributed by atoms with Gasteiger partial charge in [0.1, 0.15) is 0 Å². The number of hydrogen-bond donors (Lipinski definition) is 1. The molecule has 0 bridgehead atoms. The molecule has 0 atom stereocenters. The van der Waals surface area contributed by atoms with Gasteiger partial charge in [0.2, 0.25) is 0 Å². The predicted molar refractivity (Wildman–Crippen MR) is 125 cm³/mol. The first-order valence-electron chi connectivity index (χ1n) is 9.72. The number of sulfone groups is 1. The highest BCUT2D eigenvalue weighted by atomic mass is 32.2. The Morgan fingerprint density at radius 2 is 1.58 bits per heavy atom. The zero-order valence-corrected chi connectivity index (χ0v) is 18.7. The number of aromatic nitrogens is 1. The molecule has 0 spiro atoms. The van der Waals surface area contributed by atoms with Gasteiger partial charge >= 0.3 is 0 Å². The number of fused-ring (bicyclic) bond motifs is 2. The molecule has 164 valence electrons. The molecule has 10 heteroatoms. The summed E-state index contributed by atoms with van der Waals surface area (Å²) in [5, 5.41) is 3.02. The third-order valence-corrected chi connectivity index (χ3v) is 7.23. The van der Waals surface area contributed by atoms with Gasteiger partial charge in [-0.3, -0.25) is 19.7 Å². The van der Waals surface area contributed by atoms with E-state index in [2.05, 4.69) is 10.3 Å². The second-order valence-corrected chi connectivity index (χ2v) is 10.5. The first-order valence-corrected chi connectivity index (χ1v) is 12.4. The van der Waals surface area contributed by atoms with E-state index in [0.29, 0.717) is 37.7 Å². The van der Waals surface area contributed by atoms with Crippen LogP contribution >= 0.6 is 11.3 Å². The summed E-state index contributed by atoms with van der Waals surface area (Å²) in [6, 6.07) is 17.3. The SMILES string of the molecule is CS(=O)(=O)c1ccc2nc(NC(=O)c3ccc(N4C(=O)c5ccccc5C4=O)cc3)sc2c1. The number of nitrogens with zero attached hydrogens (tertiary/aromatic N) is 2. The van der Waals surface area contributed by atoms with Crippen LogP contribution in [0.4, 0.5) is 10.8 Å². The Labute approximate surface area is 192 Å². The second kappa shape index (κ2) is 7.61. The minimum atomic E-state index is -3.35. The van der Waals surface area contributed by atoms with Crippen molar-refractivity contribution in [2.75, 3.05) is 16.5 Å².